The van der Waals surface area contributed by atoms with Gasteiger partial charge in [0.05, 0.1) is 5.58 Å². The number of aromatic nitrogens is 2. The summed E-state index contributed by atoms with van der Waals surface area (Å²) in [5, 5.41) is 3.01. The third-order valence-electron chi connectivity index (χ3n) is 7.30. The fourth-order valence-electron chi connectivity index (χ4n) is 5.11. The quantitative estimate of drug-likeness (QED) is 0.168. The molecule has 0 fully saturated rings. The average Bonchev–Trinajstić information content (AvgIpc) is 3.57. The number of benzene rings is 3. The molecule has 0 N–H and O–H groups in total. The third kappa shape index (κ3) is 6.42. The second kappa shape index (κ2) is 12.8. The molecule has 0 saturated heterocycles. The number of fused-ring (bicyclic) bond motifs is 5. The van der Waals surface area contributed by atoms with Crippen molar-refractivity contribution in [3.63, 3.8) is 0 Å². The van der Waals surface area contributed by atoms with Crippen LogP contribution in [-0.4, -0.2) is 9.97 Å². The van der Waals surface area contributed by atoms with Gasteiger partial charge in [0, 0.05) is 59.7 Å². The molecule has 0 aliphatic heterocycles. The standard InChI is InChI=1S/C27H26NOS.C12H10N.Ir/c1-15-14-28-22(12-18(15)13-27(4,5)6)21-9-7-8-19-20-10-11-23-24(16(2)17(3)30-23)26(20)29-25(19)21;1-10-7-8-12(13-9-10)11-5-3-2-4-6-11;/h7-8,10-12,14H,13H2,1-6H3;2-5,7-9H,1H3;/q2*-1;/i1D3,13D2;;. The SMILES string of the molecule is Cc1ccc(-c2[c-]cccc2)nc1.[2H]C([2H])([2H])c1cnc(-c2[c-]ccc3c2oc2c3ccc3sc(C)c(C)c32)cc1C([2H])([2H])C(C)(C)C.[Ir]. The summed E-state index contributed by atoms with van der Waals surface area (Å²) >= 11 is 1.74. The van der Waals surface area contributed by atoms with Crippen LogP contribution in [0.2, 0.25) is 0 Å². The van der Waals surface area contributed by atoms with Crippen LogP contribution >= 0.6 is 11.3 Å². The first-order valence-corrected chi connectivity index (χ1v) is 15.1. The minimum atomic E-state index is -2.49. The molecule has 0 unspecified atom stereocenters. The van der Waals surface area contributed by atoms with E-state index in [1.807, 2.05) is 49.5 Å². The molecule has 3 nitrogen and oxygen atoms in total. The molecule has 0 aliphatic carbocycles. The van der Waals surface area contributed by atoms with Crippen molar-refractivity contribution in [1.29, 1.82) is 0 Å². The van der Waals surface area contributed by atoms with E-state index in [0.29, 0.717) is 16.8 Å². The van der Waals surface area contributed by atoms with Crippen LogP contribution in [0.25, 0.3) is 54.5 Å². The van der Waals surface area contributed by atoms with Crippen molar-refractivity contribution in [3.8, 4) is 22.5 Å². The summed E-state index contributed by atoms with van der Waals surface area (Å²) in [6.07, 6.45) is 1.24. The van der Waals surface area contributed by atoms with E-state index < -0.39 is 18.6 Å². The van der Waals surface area contributed by atoms with Crippen molar-refractivity contribution in [2.24, 2.45) is 5.41 Å². The summed E-state index contributed by atoms with van der Waals surface area (Å²) in [5.41, 5.74) is 6.03. The molecule has 0 spiro atoms. The molecular formula is C39H36IrN2OS-2. The van der Waals surface area contributed by atoms with Crippen molar-refractivity contribution in [2.45, 2.75) is 54.8 Å². The monoisotopic (exact) mass is 778 g/mol. The molecular weight excluding hydrogens is 737 g/mol. The van der Waals surface area contributed by atoms with Gasteiger partial charge in [-0.15, -0.1) is 65.4 Å². The predicted octanol–water partition coefficient (Wildman–Crippen LogP) is 11.0. The van der Waals surface area contributed by atoms with Crippen LogP contribution in [-0.2, 0) is 26.5 Å². The van der Waals surface area contributed by atoms with E-state index in [1.54, 1.807) is 44.2 Å². The van der Waals surface area contributed by atoms with Crippen molar-refractivity contribution in [2.75, 3.05) is 0 Å². The Morgan fingerprint density at radius 1 is 0.886 bits per heavy atom. The maximum Gasteiger partial charge on any atom is 0.129 e. The van der Waals surface area contributed by atoms with E-state index in [1.165, 1.54) is 22.2 Å². The predicted molar refractivity (Wildman–Crippen MR) is 182 cm³/mol. The fourth-order valence-corrected chi connectivity index (χ4v) is 6.18. The zero-order valence-corrected chi connectivity index (χ0v) is 28.8. The van der Waals surface area contributed by atoms with Crippen molar-refractivity contribution in [1.82, 2.24) is 9.97 Å². The Bertz CT molecular complexity index is 2270. The molecule has 0 saturated carbocycles. The Balaban J connectivity index is 0.000000280. The second-order valence-electron chi connectivity index (χ2n) is 11.8. The zero-order valence-electron chi connectivity index (χ0n) is 30.5. The van der Waals surface area contributed by atoms with E-state index in [4.69, 9.17) is 11.3 Å². The molecule has 0 bridgehead atoms. The maximum absolute atomic E-state index is 8.82. The van der Waals surface area contributed by atoms with Gasteiger partial charge in [-0.2, -0.15) is 0 Å². The molecule has 4 heterocycles. The molecule has 44 heavy (non-hydrogen) atoms. The fraction of sp³-hybridized carbons (Fsp3) is 0.231. The van der Waals surface area contributed by atoms with Crippen LogP contribution in [0.1, 0.15) is 54.8 Å². The van der Waals surface area contributed by atoms with Crippen LogP contribution in [0.3, 0.4) is 0 Å². The molecule has 5 heteroatoms. The normalized spacial score (nSPS) is 13.7. The molecule has 0 aliphatic rings. The summed E-state index contributed by atoms with van der Waals surface area (Å²) in [6.45, 7) is 9.04. The smallest absolute Gasteiger partial charge is 0.129 e. The van der Waals surface area contributed by atoms with Gasteiger partial charge in [0.15, 0.2) is 0 Å². The Kier molecular flexibility index (Phi) is 7.45. The first-order chi connectivity index (χ1) is 22.6. The Morgan fingerprint density at radius 2 is 1.68 bits per heavy atom. The molecule has 4 aromatic heterocycles. The molecule has 1 radical (unpaired) electrons. The van der Waals surface area contributed by atoms with Gasteiger partial charge in [-0.1, -0.05) is 61.5 Å². The van der Waals surface area contributed by atoms with Crippen molar-refractivity contribution in [3.05, 3.63) is 118 Å². The van der Waals surface area contributed by atoms with E-state index in [-0.39, 0.29) is 31.2 Å². The summed E-state index contributed by atoms with van der Waals surface area (Å²) in [4.78, 5) is 10.0. The van der Waals surface area contributed by atoms with Gasteiger partial charge < -0.3 is 14.4 Å². The number of hydrogen-bond donors (Lipinski definition) is 0. The zero-order chi connectivity index (χ0) is 34.6. The molecule has 0 atom stereocenters. The topological polar surface area (TPSA) is 38.9 Å². The number of thiophene rings is 1. The van der Waals surface area contributed by atoms with Crippen LogP contribution < -0.4 is 0 Å². The first-order valence-electron chi connectivity index (χ1n) is 16.7. The van der Waals surface area contributed by atoms with Crippen molar-refractivity contribution >= 4 is 43.4 Å². The molecule has 7 rings (SSSR count). The van der Waals surface area contributed by atoms with Crippen LogP contribution in [0, 0.1) is 45.2 Å². The minimum Gasteiger partial charge on any atom is -0.500 e. The van der Waals surface area contributed by atoms with E-state index >= 15 is 0 Å². The van der Waals surface area contributed by atoms with Gasteiger partial charge in [-0.3, -0.25) is 0 Å². The third-order valence-corrected chi connectivity index (χ3v) is 8.47. The number of pyridine rings is 2. The Morgan fingerprint density at radius 3 is 2.39 bits per heavy atom. The summed E-state index contributed by atoms with van der Waals surface area (Å²) < 4.78 is 49.2. The van der Waals surface area contributed by atoms with Crippen LogP contribution in [0.4, 0.5) is 0 Å². The van der Waals surface area contributed by atoms with Crippen molar-refractivity contribution < 1.29 is 31.4 Å². The van der Waals surface area contributed by atoms with Gasteiger partial charge in [0.2, 0.25) is 0 Å². The second-order valence-corrected chi connectivity index (χ2v) is 13.0. The maximum atomic E-state index is 8.82. The summed E-state index contributed by atoms with van der Waals surface area (Å²) in [7, 11) is 0. The number of rotatable bonds is 3. The molecule has 7 aromatic rings. The molecule has 3 aromatic carbocycles. The van der Waals surface area contributed by atoms with Gasteiger partial charge in [-0.25, -0.2) is 0 Å². The molecule has 225 valence electrons. The largest absolute Gasteiger partial charge is 0.500 e. The van der Waals surface area contributed by atoms with Crippen LogP contribution in [0.5, 0.6) is 0 Å². The Hall–Kier alpha value is -3.63. The minimum absolute atomic E-state index is 0. The number of furan rings is 1. The number of nitrogens with zero attached hydrogens (tertiary/aromatic N) is 2. The van der Waals surface area contributed by atoms with Gasteiger partial charge in [-0.05, 0) is 73.6 Å². The summed E-state index contributed by atoms with van der Waals surface area (Å²) in [5.74, 6) is 0. The average molecular weight is 778 g/mol. The summed E-state index contributed by atoms with van der Waals surface area (Å²) in [6, 6.07) is 27.8. The van der Waals surface area contributed by atoms with E-state index in [2.05, 4.69) is 54.1 Å². The Labute approximate surface area is 284 Å². The van der Waals surface area contributed by atoms with Gasteiger partial charge in [0.1, 0.15) is 5.58 Å². The van der Waals surface area contributed by atoms with E-state index in [0.717, 1.165) is 37.7 Å². The van der Waals surface area contributed by atoms with Gasteiger partial charge >= 0.3 is 0 Å². The first kappa shape index (κ1) is 25.7. The number of hydrogen-bond acceptors (Lipinski definition) is 4. The van der Waals surface area contributed by atoms with Crippen LogP contribution in [0.15, 0.2) is 83.5 Å². The van der Waals surface area contributed by atoms with Gasteiger partial charge in [0.25, 0.3) is 0 Å². The molecule has 0 amide bonds. The number of aryl methyl sites for hydroxylation is 4. The van der Waals surface area contributed by atoms with E-state index in [9.17, 15) is 0 Å².